The Labute approximate surface area is 115 Å². The van der Waals surface area contributed by atoms with Crippen LogP contribution in [-0.2, 0) is 6.42 Å². The molecule has 2 N–H and O–H groups in total. The lowest BCUT2D eigenvalue weighted by atomic mass is 9.89. The summed E-state index contributed by atoms with van der Waals surface area (Å²) in [5, 5.41) is 12.7. The van der Waals surface area contributed by atoms with Crippen LogP contribution >= 0.6 is 0 Å². The molecule has 0 saturated carbocycles. The van der Waals surface area contributed by atoms with E-state index in [1.165, 1.54) is 11.1 Å². The molecule has 0 aliphatic rings. The van der Waals surface area contributed by atoms with Gasteiger partial charge in [-0.05, 0) is 42.6 Å². The molecule has 0 spiro atoms. The van der Waals surface area contributed by atoms with Crippen molar-refractivity contribution in [3.8, 4) is 5.75 Å². The van der Waals surface area contributed by atoms with E-state index in [0.29, 0.717) is 17.7 Å². The van der Waals surface area contributed by atoms with Gasteiger partial charge in [-0.2, -0.15) is 0 Å². The Morgan fingerprint density at radius 3 is 2.21 bits per heavy atom. The number of nitrogens with one attached hydrogen (secondary N) is 1. The first kappa shape index (κ1) is 13.6. The predicted octanol–water partition coefficient (Wildman–Crippen LogP) is 3.53. The highest BCUT2D eigenvalue weighted by Gasteiger charge is 2.17. The smallest absolute Gasteiger partial charge is 0.115 e. The van der Waals surface area contributed by atoms with Crippen LogP contribution in [0.5, 0.6) is 5.75 Å². The van der Waals surface area contributed by atoms with E-state index < -0.39 is 0 Å². The van der Waals surface area contributed by atoms with Gasteiger partial charge >= 0.3 is 0 Å². The van der Waals surface area contributed by atoms with Gasteiger partial charge in [0.15, 0.2) is 0 Å². The third kappa shape index (κ3) is 3.58. The van der Waals surface area contributed by atoms with Crippen LogP contribution < -0.4 is 5.32 Å². The minimum Gasteiger partial charge on any atom is -0.508 e. The normalized spacial score (nSPS) is 14.0. The van der Waals surface area contributed by atoms with Crippen LogP contribution in [-0.4, -0.2) is 12.2 Å². The van der Waals surface area contributed by atoms with E-state index in [4.69, 9.17) is 0 Å². The number of rotatable bonds is 5. The number of phenols is 1. The number of benzene rings is 2. The van der Waals surface area contributed by atoms with Gasteiger partial charge in [0.25, 0.3) is 0 Å². The van der Waals surface area contributed by atoms with Crippen molar-refractivity contribution in [1.29, 1.82) is 0 Å². The maximum Gasteiger partial charge on any atom is 0.115 e. The Bertz CT molecular complexity index is 492. The van der Waals surface area contributed by atoms with E-state index >= 15 is 0 Å². The summed E-state index contributed by atoms with van der Waals surface area (Å²) in [4.78, 5) is 0. The molecule has 0 fully saturated rings. The van der Waals surface area contributed by atoms with Gasteiger partial charge in [-0.1, -0.05) is 49.4 Å². The van der Waals surface area contributed by atoms with Crippen LogP contribution in [0.4, 0.5) is 0 Å². The third-order valence-corrected chi connectivity index (χ3v) is 3.53. The van der Waals surface area contributed by atoms with Gasteiger partial charge in [0, 0.05) is 6.04 Å². The summed E-state index contributed by atoms with van der Waals surface area (Å²) in [6.45, 7) is 2.25. The summed E-state index contributed by atoms with van der Waals surface area (Å²) in [6, 6.07) is 18.3. The standard InChI is InChI=1S/C17H21NO/c1-13(12-14-8-10-16(19)11-9-14)17(18-2)15-6-4-3-5-7-15/h3-11,13,17-19H,12H2,1-2H3. The quantitative estimate of drug-likeness (QED) is 0.856. The molecule has 0 saturated heterocycles. The Morgan fingerprint density at radius 1 is 1.00 bits per heavy atom. The fourth-order valence-corrected chi connectivity index (χ4v) is 2.56. The Balaban J connectivity index is 2.09. The number of hydrogen-bond acceptors (Lipinski definition) is 2. The maximum absolute atomic E-state index is 9.31. The van der Waals surface area contributed by atoms with E-state index in [1.807, 2.05) is 25.2 Å². The zero-order chi connectivity index (χ0) is 13.7. The highest BCUT2D eigenvalue weighted by molar-refractivity contribution is 5.27. The van der Waals surface area contributed by atoms with Gasteiger partial charge in [0.2, 0.25) is 0 Å². The van der Waals surface area contributed by atoms with Crippen molar-refractivity contribution in [2.75, 3.05) is 7.05 Å². The first-order valence-electron chi connectivity index (χ1n) is 6.71. The summed E-state index contributed by atoms with van der Waals surface area (Å²) in [7, 11) is 2.00. The zero-order valence-corrected chi connectivity index (χ0v) is 11.5. The molecule has 0 heterocycles. The fraction of sp³-hybridized carbons (Fsp3) is 0.294. The first-order chi connectivity index (χ1) is 9.20. The molecular formula is C17H21NO. The maximum atomic E-state index is 9.31. The molecule has 0 radical (unpaired) electrons. The molecule has 2 rings (SSSR count). The van der Waals surface area contributed by atoms with Gasteiger partial charge in [-0.3, -0.25) is 0 Å². The topological polar surface area (TPSA) is 32.3 Å². The monoisotopic (exact) mass is 255 g/mol. The molecule has 2 aromatic carbocycles. The van der Waals surface area contributed by atoms with E-state index in [2.05, 4.69) is 36.5 Å². The molecule has 0 aliphatic heterocycles. The third-order valence-electron chi connectivity index (χ3n) is 3.53. The summed E-state index contributed by atoms with van der Waals surface area (Å²) >= 11 is 0. The summed E-state index contributed by atoms with van der Waals surface area (Å²) < 4.78 is 0. The molecule has 2 nitrogen and oxygen atoms in total. The van der Waals surface area contributed by atoms with Crippen LogP contribution in [0.25, 0.3) is 0 Å². The largest absolute Gasteiger partial charge is 0.508 e. The van der Waals surface area contributed by atoms with Crippen LogP contribution in [0.1, 0.15) is 24.1 Å². The van der Waals surface area contributed by atoms with Crippen molar-refractivity contribution < 1.29 is 5.11 Å². The Kier molecular flexibility index (Phi) is 4.58. The van der Waals surface area contributed by atoms with Crippen molar-refractivity contribution in [2.24, 2.45) is 5.92 Å². The van der Waals surface area contributed by atoms with Crippen molar-refractivity contribution in [3.63, 3.8) is 0 Å². The van der Waals surface area contributed by atoms with E-state index in [9.17, 15) is 5.11 Å². The second-order valence-electron chi connectivity index (χ2n) is 5.02. The minimum atomic E-state index is 0.324. The average Bonchev–Trinajstić information content (AvgIpc) is 2.43. The SMILES string of the molecule is CNC(c1ccccc1)C(C)Cc1ccc(O)cc1. The van der Waals surface area contributed by atoms with Crippen LogP contribution in [0.3, 0.4) is 0 Å². The lowest BCUT2D eigenvalue weighted by molar-refractivity contribution is 0.408. The first-order valence-corrected chi connectivity index (χ1v) is 6.71. The van der Waals surface area contributed by atoms with Crippen molar-refractivity contribution in [2.45, 2.75) is 19.4 Å². The van der Waals surface area contributed by atoms with Crippen molar-refractivity contribution >= 4 is 0 Å². The summed E-state index contributed by atoms with van der Waals surface area (Å²) in [5.41, 5.74) is 2.57. The van der Waals surface area contributed by atoms with Gasteiger partial charge in [-0.25, -0.2) is 0 Å². The molecular weight excluding hydrogens is 234 g/mol. The van der Waals surface area contributed by atoms with Crippen LogP contribution in [0.2, 0.25) is 0 Å². The molecule has 100 valence electrons. The van der Waals surface area contributed by atoms with E-state index in [0.717, 1.165) is 6.42 Å². The highest BCUT2D eigenvalue weighted by atomic mass is 16.3. The molecule has 0 amide bonds. The molecule has 19 heavy (non-hydrogen) atoms. The number of phenolic OH excluding ortho intramolecular Hbond substituents is 1. The average molecular weight is 255 g/mol. The van der Waals surface area contributed by atoms with Crippen LogP contribution in [0, 0.1) is 5.92 Å². The van der Waals surface area contributed by atoms with E-state index in [-0.39, 0.29) is 0 Å². The molecule has 0 aromatic heterocycles. The molecule has 2 aromatic rings. The summed E-state index contributed by atoms with van der Waals surface area (Å²) in [5.74, 6) is 0.807. The van der Waals surface area contributed by atoms with Gasteiger partial charge in [-0.15, -0.1) is 0 Å². The second kappa shape index (κ2) is 6.39. The molecule has 0 bridgehead atoms. The molecule has 2 heteroatoms. The second-order valence-corrected chi connectivity index (χ2v) is 5.02. The molecule has 2 atom stereocenters. The van der Waals surface area contributed by atoms with Gasteiger partial charge in [0.1, 0.15) is 5.75 Å². The lowest BCUT2D eigenvalue weighted by Crippen LogP contribution is -2.24. The Morgan fingerprint density at radius 2 is 1.63 bits per heavy atom. The summed E-state index contributed by atoms with van der Waals surface area (Å²) in [6.07, 6.45) is 0.987. The Hall–Kier alpha value is -1.80. The molecule has 2 unspecified atom stereocenters. The van der Waals surface area contributed by atoms with Gasteiger partial charge in [0.05, 0.1) is 0 Å². The highest BCUT2D eigenvalue weighted by Crippen LogP contribution is 2.25. The molecule has 0 aliphatic carbocycles. The zero-order valence-electron chi connectivity index (χ0n) is 11.5. The number of hydrogen-bond donors (Lipinski definition) is 2. The van der Waals surface area contributed by atoms with Crippen molar-refractivity contribution in [3.05, 3.63) is 65.7 Å². The van der Waals surface area contributed by atoms with Gasteiger partial charge < -0.3 is 10.4 Å². The lowest BCUT2D eigenvalue weighted by Gasteiger charge is -2.24. The number of aromatic hydroxyl groups is 1. The fourth-order valence-electron chi connectivity index (χ4n) is 2.56. The predicted molar refractivity (Wildman–Crippen MR) is 79.2 cm³/mol. The van der Waals surface area contributed by atoms with Crippen molar-refractivity contribution in [1.82, 2.24) is 5.32 Å². The van der Waals surface area contributed by atoms with Crippen LogP contribution in [0.15, 0.2) is 54.6 Å². The minimum absolute atomic E-state index is 0.324. The van der Waals surface area contributed by atoms with E-state index in [1.54, 1.807) is 12.1 Å².